The van der Waals surface area contributed by atoms with Gasteiger partial charge in [-0.05, 0) is 42.5 Å². The van der Waals surface area contributed by atoms with Gasteiger partial charge in [0.15, 0.2) is 0 Å². The molecule has 0 unspecified atom stereocenters. The van der Waals surface area contributed by atoms with Gasteiger partial charge in [0.1, 0.15) is 16.2 Å². The van der Waals surface area contributed by atoms with Gasteiger partial charge in [-0.15, -0.1) is 11.3 Å². The van der Waals surface area contributed by atoms with Gasteiger partial charge in [0.25, 0.3) is 0 Å². The van der Waals surface area contributed by atoms with Crippen LogP contribution in [0, 0.1) is 13.8 Å². The zero-order valence-electron chi connectivity index (χ0n) is 12.3. The highest BCUT2D eigenvalue weighted by molar-refractivity contribution is 8.00. The molecule has 1 aromatic carbocycles. The Kier molecular flexibility index (Phi) is 4.40. The largest absolute Gasteiger partial charge is 0.325 e. The van der Waals surface area contributed by atoms with Gasteiger partial charge in [0.05, 0.1) is 5.75 Å². The van der Waals surface area contributed by atoms with Crippen LogP contribution in [0.15, 0.2) is 41.0 Å². The van der Waals surface area contributed by atoms with E-state index in [1.165, 1.54) is 17.3 Å². The first-order valence-corrected chi connectivity index (χ1v) is 8.69. The van der Waals surface area contributed by atoms with Crippen LogP contribution in [0.2, 0.25) is 0 Å². The topological polar surface area (TPSA) is 54.9 Å². The molecule has 2 aromatic heterocycles. The molecule has 1 amide bonds. The maximum absolute atomic E-state index is 12.2. The Morgan fingerprint density at radius 3 is 3.00 bits per heavy atom. The minimum Gasteiger partial charge on any atom is -0.325 e. The van der Waals surface area contributed by atoms with Crippen LogP contribution >= 0.6 is 23.1 Å². The molecule has 3 aromatic rings. The van der Waals surface area contributed by atoms with Crippen molar-refractivity contribution in [2.24, 2.45) is 0 Å². The smallest absolute Gasteiger partial charge is 0.234 e. The molecule has 0 fully saturated rings. The number of carbonyl (C=O) groups excluding carboxylic acids is 1. The Morgan fingerprint density at radius 2 is 2.14 bits per heavy atom. The Labute approximate surface area is 137 Å². The fourth-order valence-electron chi connectivity index (χ4n) is 2.09. The van der Waals surface area contributed by atoms with E-state index in [1.54, 1.807) is 17.7 Å². The number of amides is 1. The Hall–Kier alpha value is -1.92. The van der Waals surface area contributed by atoms with E-state index in [2.05, 4.69) is 15.3 Å². The molecular formula is C16H15N3OS2. The first-order chi connectivity index (χ1) is 10.6. The molecule has 1 N–H and O–H groups in total. The normalized spacial score (nSPS) is 10.8. The quantitative estimate of drug-likeness (QED) is 0.580. The predicted molar refractivity (Wildman–Crippen MR) is 92.7 cm³/mol. The van der Waals surface area contributed by atoms with Crippen molar-refractivity contribution in [3.63, 3.8) is 0 Å². The molecule has 22 heavy (non-hydrogen) atoms. The summed E-state index contributed by atoms with van der Waals surface area (Å²) in [4.78, 5) is 21.6. The number of hydrogen-bond donors (Lipinski definition) is 1. The van der Waals surface area contributed by atoms with E-state index in [0.717, 1.165) is 26.5 Å². The number of benzene rings is 1. The third-order valence-electron chi connectivity index (χ3n) is 3.44. The van der Waals surface area contributed by atoms with Crippen LogP contribution in [0.1, 0.15) is 11.1 Å². The van der Waals surface area contributed by atoms with Gasteiger partial charge < -0.3 is 5.32 Å². The van der Waals surface area contributed by atoms with E-state index in [1.807, 2.05) is 43.5 Å². The number of aromatic nitrogens is 2. The van der Waals surface area contributed by atoms with Crippen molar-refractivity contribution in [1.82, 2.24) is 9.97 Å². The molecule has 0 aliphatic carbocycles. The maximum atomic E-state index is 12.2. The molecule has 3 rings (SSSR count). The first-order valence-electron chi connectivity index (χ1n) is 6.82. The number of fused-ring (bicyclic) bond motifs is 1. The van der Waals surface area contributed by atoms with Crippen LogP contribution in [0.5, 0.6) is 0 Å². The number of anilines is 1. The fourth-order valence-corrected chi connectivity index (χ4v) is 3.67. The van der Waals surface area contributed by atoms with E-state index in [4.69, 9.17) is 0 Å². The average molecular weight is 329 g/mol. The van der Waals surface area contributed by atoms with Crippen LogP contribution in [-0.4, -0.2) is 21.6 Å². The van der Waals surface area contributed by atoms with Gasteiger partial charge >= 0.3 is 0 Å². The number of nitrogens with one attached hydrogen (secondary N) is 1. The van der Waals surface area contributed by atoms with Gasteiger partial charge in [-0.1, -0.05) is 23.9 Å². The highest BCUT2D eigenvalue weighted by Crippen LogP contribution is 2.27. The minimum absolute atomic E-state index is 0.0271. The zero-order valence-corrected chi connectivity index (χ0v) is 13.9. The van der Waals surface area contributed by atoms with Crippen LogP contribution in [-0.2, 0) is 4.79 Å². The van der Waals surface area contributed by atoms with Gasteiger partial charge in [-0.25, -0.2) is 9.97 Å². The average Bonchev–Trinajstić information content (AvgIpc) is 2.99. The van der Waals surface area contributed by atoms with Crippen molar-refractivity contribution in [3.05, 3.63) is 47.1 Å². The fraction of sp³-hybridized carbons (Fsp3) is 0.188. The van der Waals surface area contributed by atoms with Crippen LogP contribution in [0.4, 0.5) is 5.69 Å². The highest BCUT2D eigenvalue weighted by atomic mass is 32.2. The van der Waals surface area contributed by atoms with Crippen molar-refractivity contribution in [1.29, 1.82) is 0 Å². The molecule has 4 nitrogen and oxygen atoms in total. The summed E-state index contributed by atoms with van der Waals surface area (Å²) in [6.45, 7) is 4.05. The molecule has 0 radical (unpaired) electrons. The van der Waals surface area contributed by atoms with Crippen molar-refractivity contribution in [3.8, 4) is 0 Å². The van der Waals surface area contributed by atoms with Crippen LogP contribution < -0.4 is 5.32 Å². The third-order valence-corrected chi connectivity index (χ3v) is 5.27. The molecule has 0 aliphatic rings. The van der Waals surface area contributed by atoms with E-state index in [0.29, 0.717) is 5.75 Å². The molecule has 0 spiro atoms. The molecule has 0 aliphatic heterocycles. The summed E-state index contributed by atoms with van der Waals surface area (Å²) in [6.07, 6.45) is 1.55. The second-order valence-electron chi connectivity index (χ2n) is 4.90. The SMILES string of the molecule is Cc1cccc(NC(=O)CSc2ncnc3sccc23)c1C. The molecule has 6 heteroatoms. The lowest BCUT2D eigenvalue weighted by molar-refractivity contribution is -0.113. The lowest BCUT2D eigenvalue weighted by atomic mass is 10.1. The first kappa shape index (κ1) is 15.0. The number of thioether (sulfide) groups is 1. The van der Waals surface area contributed by atoms with Crippen molar-refractivity contribution in [2.75, 3.05) is 11.1 Å². The second kappa shape index (κ2) is 6.46. The van der Waals surface area contributed by atoms with Crippen LogP contribution in [0.25, 0.3) is 10.2 Å². The standard InChI is InChI=1S/C16H15N3OS2/c1-10-4-3-5-13(11(10)2)19-14(20)8-22-16-12-6-7-21-15(12)17-9-18-16/h3-7,9H,8H2,1-2H3,(H,19,20). The van der Waals surface area contributed by atoms with Crippen molar-refractivity contribution in [2.45, 2.75) is 18.9 Å². The molecule has 0 atom stereocenters. The van der Waals surface area contributed by atoms with Gasteiger partial charge in [0.2, 0.25) is 5.91 Å². The monoisotopic (exact) mass is 329 g/mol. The lowest BCUT2D eigenvalue weighted by Gasteiger charge is -2.10. The van der Waals surface area contributed by atoms with E-state index >= 15 is 0 Å². The van der Waals surface area contributed by atoms with Crippen molar-refractivity contribution >= 4 is 44.9 Å². The predicted octanol–water partition coefficient (Wildman–Crippen LogP) is 4.04. The minimum atomic E-state index is -0.0271. The number of rotatable bonds is 4. The zero-order chi connectivity index (χ0) is 15.5. The molecular weight excluding hydrogens is 314 g/mol. The number of thiophene rings is 1. The Balaban J connectivity index is 1.68. The summed E-state index contributed by atoms with van der Waals surface area (Å²) in [5, 5.41) is 6.81. The van der Waals surface area contributed by atoms with Gasteiger partial charge in [0, 0.05) is 11.1 Å². The number of hydrogen-bond acceptors (Lipinski definition) is 5. The highest BCUT2D eigenvalue weighted by Gasteiger charge is 2.10. The Bertz CT molecular complexity index is 829. The Morgan fingerprint density at radius 1 is 1.27 bits per heavy atom. The number of carbonyl (C=O) groups is 1. The van der Waals surface area contributed by atoms with E-state index in [9.17, 15) is 4.79 Å². The van der Waals surface area contributed by atoms with E-state index in [-0.39, 0.29) is 5.91 Å². The molecule has 2 heterocycles. The summed E-state index contributed by atoms with van der Waals surface area (Å²) in [5.74, 6) is 0.302. The number of aryl methyl sites for hydroxylation is 1. The number of nitrogens with zero attached hydrogens (tertiary/aromatic N) is 2. The lowest BCUT2D eigenvalue weighted by Crippen LogP contribution is -2.15. The third kappa shape index (κ3) is 3.13. The van der Waals surface area contributed by atoms with Gasteiger partial charge in [-0.3, -0.25) is 4.79 Å². The summed E-state index contributed by atoms with van der Waals surface area (Å²) in [7, 11) is 0. The molecule has 112 valence electrons. The molecule has 0 saturated carbocycles. The van der Waals surface area contributed by atoms with E-state index < -0.39 is 0 Å². The summed E-state index contributed by atoms with van der Waals surface area (Å²) < 4.78 is 0. The second-order valence-corrected chi connectivity index (χ2v) is 6.76. The summed E-state index contributed by atoms with van der Waals surface area (Å²) in [5.41, 5.74) is 3.14. The van der Waals surface area contributed by atoms with Gasteiger partial charge in [-0.2, -0.15) is 0 Å². The maximum Gasteiger partial charge on any atom is 0.234 e. The van der Waals surface area contributed by atoms with Crippen LogP contribution in [0.3, 0.4) is 0 Å². The molecule has 0 bridgehead atoms. The summed E-state index contributed by atoms with van der Waals surface area (Å²) >= 11 is 3.01. The summed E-state index contributed by atoms with van der Waals surface area (Å²) in [6, 6.07) is 7.90. The van der Waals surface area contributed by atoms with Crippen molar-refractivity contribution < 1.29 is 4.79 Å². The molecule has 0 saturated heterocycles.